The van der Waals surface area contributed by atoms with Crippen LogP contribution in [0.3, 0.4) is 0 Å². The highest BCUT2D eigenvalue weighted by Crippen LogP contribution is 2.55. The van der Waals surface area contributed by atoms with E-state index in [9.17, 15) is 9.59 Å². The summed E-state index contributed by atoms with van der Waals surface area (Å²) in [5.41, 5.74) is 2.14. The van der Waals surface area contributed by atoms with E-state index >= 15 is 4.79 Å². The first-order valence-corrected chi connectivity index (χ1v) is 16.6. The highest BCUT2D eigenvalue weighted by molar-refractivity contribution is 8.00. The van der Waals surface area contributed by atoms with E-state index in [1.165, 1.54) is 28.0 Å². The van der Waals surface area contributed by atoms with Crippen LogP contribution in [0.4, 0.5) is 10.8 Å². The van der Waals surface area contributed by atoms with Gasteiger partial charge in [0.25, 0.3) is 11.8 Å². The standard InChI is InChI=1S/C35H23ClN4O4S2/c1-20-10-12-21(13-11-20)18-39-26-8-4-3-7-25(26)35(32(39)43)28-29(41)24-6-2-5-9-27(24)44-30(28)31(42)40(35)33-37-38-34(46-33)45-19-22-14-16-23(36)17-15-22/h2-17H,18-19H2,1H3. The summed E-state index contributed by atoms with van der Waals surface area (Å²) in [5, 5.41) is 9.93. The zero-order chi connectivity index (χ0) is 31.6. The molecular weight excluding hydrogens is 640 g/mol. The van der Waals surface area contributed by atoms with Crippen molar-refractivity contribution in [2.24, 2.45) is 0 Å². The van der Waals surface area contributed by atoms with Crippen LogP contribution in [0.15, 0.2) is 111 Å². The Balaban J connectivity index is 1.30. The minimum atomic E-state index is -1.84. The maximum absolute atomic E-state index is 15.1. The first-order chi connectivity index (χ1) is 22.4. The quantitative estimate of drug-likeness (QED) is 0.136. The lowest BCUT2D eigenvalue weighted by Crippen LogP contribution is -2.53. The van der Waals surface area contributed by atoms with Crippen LogP contribution < -0.4 is 15.2 Å². The second kappa shape index (κ2) is 10.9. The minimum Gasteiger partial charge on any atom is -0.450 e. The van der Waals surface area contributed by atoms with Gasteiger partial charge >= 0.3 is 0 Å². The molecule has 2 aliphatic rings. The zero-order valence-corrected chi connectivity index (χ0v) is 26.7. The van der Waals surface area contributed by atoms with Crippen molar-refractivity contribution in [3.8, 4) is 0 Å². The molecule has 2 aliphatic heterocycles. The summed E-state index contributed by atoms with van der Waals surface area (Å²) in [7, 11) is 0. The topological polar surface area (TPSA) is 96.6 Å². The van der Waals surface area contributed by atoms with Gasteiger partial charge in [-0.1, -0.05) is 107 Å². The number of halogens is 1. The fraction of sp³-hybridized carbons (Fsp3) is 0.114. The van der Waals surface area contributed by atoms with Gasteiger partial charge < -0.3 is 9.32 Å². The Morgan fingerprint density at radius 3 is 2.39 bits per heavy atom. The van der Waals surface area contributed by atoms with Gasteiger partial charge in [0, 0.05) is 16.3 Å². The van der Waals surface area contributed by atoms with Gasteiger partial charge in [-0.2, -0.15) is 0 Å². The smallest absolute Gasteiger partial charge is 0.297 e. The Hall–Kier alpha value is -4.77. The normalized spacial score (nSPS) is 16.9. The number of hydrogen-bond donors (Lipinski definition) is 0. The van der Waals surface area contributed by atoms with Gasteiger partial charge in [-0.25, -0.2) is 0 Å². The summed E-state index contributed by atoms with van der Waals surface area (Å²) >= 11 is 8.69. The number of anilines is 2. The van der Waals surface area contributed by atoms with Gasteiger partial charge in [0.15, 0.2) is 15.3 Å². The van der Waals surface area contributed by atoms with Crippen molar-refractivity contribution >= 4 is 68.3 Å². The molecule has 0 fully saturated rings. The second-order valence-corrected chi connectivity index (χ2v) is 13.8. The lowest BCUT2D eigenvalue weighted by atomic mass is 9.84. The molecule has 0 bridgehead atoms. The molecule has 1 atom stereocenters. The lowest BCUT2D eigenvalue weighted by Gasteiger charge is -2.32. The fourth-order valence-corrected chi connectivity index (χ4v) is 8.19. The molecule has 11 heteroatoms. The van der Waals surface area contributed by atoms with Crippen LogP contribution in [-0.2, 0) is 22.6 Å². The number of fused-ring (bicyclic) bond motifs is 5. The average molecular weight is 663 g/mol. The predicted molar refractivity (Wildman–Crippen MR) is 180 cm³/mol. The molecule has 0 saturated heterocycles. The summed E-state index contributed by atoms with van der Waals surface area (Å²) in [6, 6.07) is 29.5. The zero-order valence-electron chi connectivity index (χ0n) is 24.3. The fourth-order valence-electron chi connectivity index (χ4n) is 6.22. The number of aryl methyl sites for hydroxylation is 1. The van der Waals surface area contributed by atoms with E-state index in [1.807, 2.05) is 67.6 Å². The number of rotatable bonds is 6. The van der Waals surface area contributed by atoms with E-state index in [4.69, 9.17) is 16.0 Å². The molecule has 6 aromatic rings. The van der Waals surface area contributed by atoms with Gasteiger partial charge in [-0.15, -0.1) is 10.2 Å². The largest absolute Gasteiger partial charge is 0.450 e. The van der Waals surface area contributed by atoms with E-state index in [1.54, 1.807) is 41.3 Å². The molecule has 8 rings (SSSR count). The Bertz CT molecular complexity index is 2250. The summed E-state index contributed by atoms with van der Waals surface area (Å²) in [4.78, 5) is 46.9. The molecule has 0 N–H and O–H groups in total. The molecule has 0 saturated carbocycles. The van der Waals surface area contributed by atoms with Crippen LogP contribution in [0.2, 0.25) is 5.02 Å². The maximum Gasteiger partial charge on any atom is 0.297 e. The molecule has 4 heterocycles. The lowest BCUT2D eigenvalue weighted by molar-refractivity contribution is -0.121. The SMILES string of the molecule is Cc1ccc(CN2C(=O)C3(c4ccccc42)c2c(oc4ccccc4c2=O)C(=O)N3c2nnc(SCc3ccc(Cl)cc3)s2)cc1. The number of carbonyl (C=O) groups excluding carboxylic acids is 2. The van der Waals surface area contributed by atoms with Gasteiger partial charge in [0.1, 0.15) is 5.58 Å². The third-order valence-electron chi connectivity index (χ3n) is 8.36. The third kappa shape index (κ3) is 4.32. The van der Waals surface area contributed by atoms with Crippen molar-refractivity contribution in [2.75, 3.05) is 9.80 Å². The van der Waals surface area contributed by atoms with Crippen molar-refractivity contribution in [1.82, 2.24) is 10.2 Å². The first-order valence-electron chi connectivity index (χ1n) is 14.4. The van der Waals surface area contributed by atoms with E-state index in [0.29, 0.717) is 26.4 Å². The number of amides is 2. The first kappa shape index (κ1) is 28.7. The Morgan fingerprint density at radius 1 is 0.870 bits per heavy atom. The van der Waals surface area contributed by atoms with Crippen LogP contribution in [0.5, 0.6) is 0 Å². The Labute approximate surface area is 276 Å². The van der Waals surface area contributed by atoms with Crippen molar-refractivity contribution < 1.29 is 14.0 Å². The summed E-state index contributed by atoms with van der Waals surface area (Å²) < 4.78 is 6.77. The van der Waals surface area contributed by atoms with E-state index in [-0.39, 0.29) is 34.0 Å². The van der Waals surface area contributed by atoms with Crippen LogP contribution >= 0.6 is 34.7 Å². The number of hydrogen-bond acceptors (Lipinski definition) is 8. The number of nitrogens with zero attached hydrogens (tertiary/aromatic N) is 4. The number of para-hydroxylation sites is 2. The highest BCUT2D eigenvalue weighted by atomic mass is 35.5. The monoisotopic (exact) mass is 662 g/mol. The van der Waals surface area contributed by atoms with E-state index in [2.05, 4.69) is 10.2 Å². The molecule has 0 radical (unpaired) electrons. The predicted octanol–water partition coefficient (Wildman–Crippen LogP) is 7.35. The van der Waals surface area contributed by atoms with Gasteiger partial charge in [0.05, 0.1) is 23.2 Å². The van der Waals surface area contributed by atoms with Gasteiger partial charge in [-0.05, 0) is 48.4 Å². The molecule has 2 aromatic heterocycles. The van der Waals surface area contributed by atoms with Gasteiger partial charge in [0.2, 0.25) is 10.9 Å². The van der Waals surface area contributed by atoms with Crippen molar-refractivity contribution in [1.29, 1.82) is 0 Å². The summed E-state index contributed by atoms with van der Waals surface area (Å²) in [6.45, 7) is 2.24. The number of carbonyl (C=O) groups is 2. The van der Waals surface area contributed by atoms with E-state index < -0.39 is 22.8 Å². The Kier molecular flexibility index (Phi) is 6.82. The molecule has 0 aliphatic carbocycles. The van der Waals surface area contributed by atoms with Gasteiger partial charge in [-0.3, -0.25) is 19.3 Å². The highest BCUT2D eigenvalue weighted by Gasteiger charge is 2.66. The molecule has 226 valence electrons. The summed E-state index contributed by atoms with van der Waals surface area (Å²) in [5.74, 6) is -0.629. The number of benzene rings is 4. The van der Waals surface area contributed by atoms with Crippen LogP contribution in [-0.4, -0.2) is 22.0 Å². The number of aromatic nitrogens is 2. The Morgan fingerprint density at radius 2 is 1.59 bits per heavy atom. The van der Waals surface area contributed by atoms with E-state index in [0.717, 1.165) is 16.7 Å². The second-order valence-electron chi connectivity index (χ2n) is 11.1. The van der Waals surface area contributed by atoms with Crippen molar-refractivity contribution in [3.63, 3.8) is 0 Å². The molecule has 1 unspecified atom stereocenters. The van der Waals surface area contributed by atoms with Crippen LogP contribution in [0, 0.1) is 6.92 Å². The molecule has 1 spiro atoms. The van der Waals surface area contributed by atoms with Crippen LogP contribution in [0.1, 0.15) is 38.4 Å². The molecule has 8 nitrogen and oxygen atoms in total. The van der Waals surface area contributed by atoms with Crippen molar-refractivity contribution in [2.45, 2.75) is 29.1 Å². The minimum absolute atomic E-state index is 0.00868. The molecule has 2 amide bonds. The average Bonchev–Trinajstić information content (AvgIpc) is 3.71. The molecular formula is C35H23ClN4O4S2. The molecule has 46 heavy (non-hydrogen) atoms. The number of thioether (sulfide) groups is 1. The maximum atomic E-state index is 15.1. The summed E-state index contributed by atoms with van der Waals surface area (Å²) in [6.07, 6.45) is 0. The van der Waals surface area contributed by atoms with Crippen molar-refractivity contribution in [3.05, 3.63) is 146 Å². The van der Waals surface area contributed by atoms with Crippen LogP contribution in [0.25, 0.3) is 11.0 Å². The molecule has 4 aromatic carbocycles. The third-order valence-corrected chi connectivity index (χ3v) is 10.7.